The lowest BCUT2D eigenvalue weighted by Crippen LogP contribution is -2.10. The van der Waals surface area contributed by atoms with Crippen LogP contribution in [0.15, 0.2) is 29.3 Å². The molecule has 0 amide bonds. The van der Waals surface area contributed by atoms with Crippen molar-refractivity contribution >= 4 is 0 Å². The Labute approximate surface area is 111 Å². The first-order valence-corrected chi connectivity index (χ1v) is 6.30. The Hall–Kier alpha value is -2.17. The van der Waals surface area contributed by atoms with E-state index < -0.39 is 0 Å². The highest BCUT2D eigenvalue weighted by Crippen LogP contribution is 2.20. The van der Waals surface area contributed by atoms with Crippen molar-refractivity contribution in [1.82, 2.24) is 15.0 Å². The molecule has 0 aliphatic carbocycles. The highest BCUT2D eigenvalue weighted by Gasteiger charge is 2.06. The molecule has 0 saturated heterocycles. The molecule has 0 radical (unpaired) electrons. The van der Waals surface area contributed by atoms with Gasteiger partial charge in [0, 0.05) is 24.2 Å². The van der Waals surface area contributed by atoms with Gasteiger partial charge in [-0.25, -0.2) is 4.98 Å². The second-order valence-corrected chi connectivity index (χ2v) is 4.51. The number of pyridine rings is 1. The average molecular weight is 259 g/mol. The predicted molar refractivity (Wildman–Crippen MR) is 73.2 cm³/mol. The maximum Gasteiger partial charge on any atom is 0.251 e. The summed E-state index contributed by atoms with van der Waals surface area (Å²) < 4.78 is 5.59. The first kappa shape index (κ1) is 13.3. The number of H-pyrrole nitrogens is 1. The lowest BCUT2D eigenvalue weighted by atomic mass is 10.2. The monoisotopic (exact) mass is 259 g/mol. The third-order valence-electron chi connectivity index (χ3n) is 2.51. The van der Waals surface area contributed by atoms with Crippen molar-refractivity contribution in [3.05, 3.63) is 40.7 Å². The van der Waals surface area contributed by atoms with Gasteiger partial charge in [0.2, 0.25) is 0 Å². The molecule has 100 valence electrons. The smallest absolute Gasteiger partial charge is 0.251 e. The van der Waals surface area contributed by atoms with Crippen molar-refractivity contribution < 1.29 is 4.74 Å². The number of hydrogen-bond acceptors (Lipinski definition) is 4. The van der Waals surface area contributed by atoms with Gasteiger partial charge in [-0.05, 0) is 19.9 Å². The van der Waals surface area contributed by atoms with E-state index in [9.17, 15) is 4.79 Å². The average Bonchev–Trinajstić information content (AvgIpc) is 2.37. The molecular weight excluding hydrogens is 242 g/mol. The number of aromatic nitrogens is 3. The molecule has 2 heterocycles. The third-order valence-corrected chi connectivity index (χ3v) is 2.51. The molecule has 0 bridgehead atoms. The van der Waals surface area contributed by atoms with Crippen LogP contribution in [0.25, 0.3) is 11.3 Å². The summed E-state index contributed by atoms with van der Waals surface area (Å²) in [4.78, 5) is 22.8. The molecule has 2 rings (SSSR count). The molecule has 0 fully saturated rings. The number of rotatable bonds is 4. The molecule has 0 aliphatic rings. The van der Waals surface area contributed by atoms with Gasteiger partial charge in [-0.1, -0.05) is 6.92 Å². The van der Waals surface area contributed by atoms with Crippen molar-refractivity contribution in [3.8, 4) is 17.0 Å². The van der Waals surface area contributed by atoms with Gasteiger partial charge in [-0.2, -0.15) is 0 Å². The van der Waals surface area contributed by atoms with Crippen LogP contribution >= 0.6 is 0 Å². The first-order chi connectivity index (χ1) is 9.08. The van der Waals surface area contributed by atoms with E-state index in [0.717, 1.165) is 5.56 Å². The molecule has 5 heteroatoms. The molecule has 0 aromatic carbocycles. The van der Waals surface area contributed by atoms with Crippen LogP contribution in [-0.4, -0.2) is 21.1 Å². The summed E-state index contributed by atoms with van der Waals surface area (Å²) in [7, 11) is 0. The van der Waals surface area contributed by atoms with E-state index in [2.05, 4.69) is 15.0 Å². The van der Waals surface area contributed by atoms with Crippen molar-refractivity contribution in [3.63, 3.8) is 0 Å². The zero-order chi connectivity index (χ0) is 13.8. The summed E-state index contributed by atoms with van der Waals surface area (Å²) in [5.74, 6) is 1.34. The van der Waals surface area contributed by atoms with Gasteiger partial charge in [0.1, 0.15) is 11.6 Å². The van der Waals surface area contributed by atoms with Gasteiger partial charge in [-0.3, -0.25) is 9.78 Å². The predicted octanol–water partition coefficient (Wildman–Crippen LogP) is 2.18. The Morgan fingerprint density at radius 1 is 1.32 bits per heavy atom. The fourth-order valence-corrected chi connectivity index (χ4v) is 1.72. The molecule has 1 N–H and O–H groups in total. The summed E-state index contributed by atoms with van der Waals surface area (Å²) in [6.45, 7) is 5.85. The second kappa shape index (κ2) is 5.65. The summed E-state index contributed by atoms with van der Waals surface area (Å²) >= 11 is 0. The molecule has 0 saturated carbocycles. The topological polar surface area (TPSA) is 67.9 Å². The third kappa shape index (κ3) is 3.40. The van der Waals surface area contributed by atoms with E-state index >= 15 is 0 Å². The van der Waals surface area contributed by atoms with Crippen LogP contribution < -0.4 is 10.3 Å². The second-order valence-electron chi connectivity index (χ2n) is 4.51. The number of ether oxygens (including phenoxy) is 1. The van der Waals surface area contributed by atoms with Crippen LogP contribution in [0.4, 0.5) is 0 Å². The van der Waals surface area contributed by atoms with Gasteiger partial charge in [-0.15, -0.1) is 0 Å². The van der Waals surface area contributed by atoms with Gasteiger partial charge in [0.05, 0.1) is 18.0 Å². The molecule has 0 atom stereocenters. The van der Waals surface area contributed by atoms with Crippen molar-refractivity contribution in [1.29, 1.82) is 0 Å². The maximum absolute atomic E-state index is 11.6. The standard InChI is InChI=1S/C14H17N3O2/c1-4-13-16-12(6-14(18)17-13)10-5-11(8-15-7-10)19-9(2)3/h5-9H,4H2,1-3H3,(H,16,17,18). The van der Waals surface area contributed by atoms with Crippen molar-refractivity contribution in [2.24, 2.45) is 0 Å². The minimum absolute atomic E-state index is 0.0791. The van der Waals surface area contributed by atoms with E-state index in [4.69, 9.17) is 4.74 Å². The number of aromatic amines is 1. The number of hydrogen-bond donors (Lipinski definition) is 1. The Kier molecular flexibility index (Phi) is 3.94. The van der Waals surface area contributed by atoms with Crippen LogP contribution in [0, 0.1) is 0 Å². The summed E-state index contributed by atoms with van der Waals surface area (Å²) in [6, 6.07) is 3.31. The minimum Gasteiger partial charge on any atom is -0.489 e. The largest absolute Gasteiger partial charge is 0.489 e. The molecule has 5 nitrogen and oxygen atoms in total. The molecule has 19 heavy (non-hydrogen) atoms. The molecule has 2 aromatic rings. The van der Waals surface area contributed by atoms with Crippen LogP contribution in [0.3, 0.4) is 0 Å². The SMILES string of the molecule is CCc1nc(-c2cncc(OC(C)C)c2)cc(=O)[nH]1. The Morgan fingerprint density at radius 2 is 2.11 bits per heavy atom. The van der Waals surface area contributed by atoms with Gasteiger partial charge in [0.25, 0.3) is 5.56 Å². The molecule has 0 spiro atoms. The molecular formula is C14H17N3O2. The Balaban J connectivity index is 2.41. The van der Waals surface area contributed by atoms with E-state index in [1.807, 2.05) is 26.8 Å². The van der Waals surface area contributed by atoms with Gasteiger partial charge in [0.15, 0.2) is 0 Å². The fraction of sp³-hybridized carbons (Fsp3) is 0.357. The van der Waals surface area contributed by atoms with Crippen molar-refractivity contribution in [2.45, 2.75) is 33.3 Å². The lowest BCUT2D eigenvalue weighted by molar-refractivity contribution is 0.241. The van der Waals surface area contributed by atoms with E-state index in [0.29, 0.717) is 23.7 Å². The quantitative estimate of drug-likeness (QED) is 0.913. The Bertz CT molecular complexity index is 620. The highest BCUT2D eigenvalue weighted by molar-refractivity contribution is 5.59. The van der Waals surface area contributed by atoms with Crippen molar-refractivity contribution in [2.75, 3.05) is 0 Å². The van der Waals surface area contributed by atoms with E-state index in [1.54, 1.807) is 12.4 Å². The molecule has 0 unspecified atom stereocenters. The van der Waals surface area contributed by atoms with E-state index in [-0.39, 0.29) is 11.7 Å². The van der Waals surface area contributed by atoms with Crippen LogP contribution in [0.5, 0.6) is 5.75 Å². The zero-order valence-corrected chi connectivity index (χ0v) is 11.3. The summed E-state index contributed by atoms with van der Waals surface area (Å²) in [5, 5.41) is 0. The number of nitrogens with one attached hydrogen (secondary N) is 1. The molecule has 0 aliphatic heterocycles. The lowest BCUT2D eigenvalue weighted by Gasteiger charge is -2.10. The zero-order valence-electron chi connectivity index (χ0n) is 11.3. The van der Waals surface area contributed by atoms with Crippen LogP contribution in [0.1, 0.15) is 26.6 Å². The number of nitrogens with zero attached hydrogens (tertiary/aromatic N) is 2. The highest BCUT2D eigenvalue weighted by atomic mass is 16.5. The van der Waals surface area contributed by atoms with Gasteiger partial charge < -0.3 is 9.72 Å². The molecule has 2 aromatic heterocycles. The minimum atomic E-state index is -0.156. The van der Waals surface area contributed by atoms with Gasteiger partial charge >= 0.3 is 0 Å². The Morgan fingerprint density at radius 3 is 2.79 bits per heavy atom. The summed E-state index contributed by atoms with van der Waals surface area (Å²) in [6.07, 6.45) is 4.08. The normalized spacial score (nSPS) is 10.7. The van der Waals surface area contributed by atoms with Crippen LogP contribution in [0.2, 0.25) is 0 Å². The fourth-order valence-electron chi connectivity index (χ4n) is 1.72. The van der Waals surface area contributed by atoms with E-state index in [1.165, 1.54) is 6.07 Å². The van der Waals surface area contributed by atoms with Crippen LogP contribution in [-0.2, 0) is 6.42 Å². The maximum atomic E-state index is 11.6. The summed E-state index contributed by atoms with van der Waals surface area (Å²) in [5.41, 5.74) is 1.23. The first-order valence-electron chi connectivity index (χ1n) is 6.30. The number of aryl methyl sites for hydroxylation is 1.